The third-order valence-electron chi connectivity index (χ3n) is 2.19. The number of benzene rings is 1. The molecule has 0 bridgehead atoms. The minimum atomic E-state index is -1.43. The van der Waals surface area contributed by atoms with E-state index in [1.165, 1.54) is 13.0 Å². The minimum Gasteiger partial charge on any atom is -0.478 e. The number of carbonyl (C=O) groups is 2. The summed E-state index contributed by atoms with van der Waals surface area (Å²) in [4.78, 5) is 26.1. The van der Waals surface area contributed by atoms with Gasteiger partial charge in [0.1, 0.15) is 5.82 Å². The maximum absolute atomic E-state index is 13.2. The number of carboxylic acid groups (broad SMARTS) is 1. The molecule has 0 saturated carbocycles. The molecule has 0 radical (unpaired) electrons. The Bertz CT molecular complexity index is 653. The molecule has 0 aliphatic carbocycles. The number of nitrogens with zero attached hydrogens (tertiary/aromatic N) is 2. The Morgan fingerprint density at radius 3 is 2.74 bits per heavy atom. The number of aromatic carboxylic acids is 1. The van der Waals surface area contributed by atoms with Crippen LogP contribution in [0.25, 0.3) is 0 Å². The van der Waals surface area contributed by atoms with Crippen LogP contribution in [-0.4, -0.2) is 27.1 Å². The van der Waals surface area contributed by atoms with Gasteiger partial charge in [-0.1, -0.05) is 5.16 Å². The zero-order valence-electron chi connectivity index (χ0n) is 9.68. The highest BCUT2D eigenvalue weighted by Gasteiger charge is 2.15. The summed E-state index contributed by atoms with van der Waals surface area (Å²) < 4.78 is 17.8. The van der Waals surface area contributed by atoms with E-state index in [-0.39, 0.29) is 17.4 Å². The van der Waals surface area contributed by atoms with E-state index in [2.05, 4.69) is 20.0 Å². The Kier molecular flexibility index (Phi) is 3.23. The first kappa shape index (κ1) is 12.7. The van der Waals surface area contributed by atoms with Gasteiger partial charge < -0.3 is 14.9 Å². The van der Waals surface area contributed by atoms with Crippen LogP contribution in [0.3, 0.4) is 0 Å². The van der Waals surface area contributed by atoms with Crippen molar-refractivity contribution in [1.29, 1.82) is 0 Å². The molecule has 1 amide bonds. The topological polar surface area (TPSA) is 105 Å². The van der Waals surface area contributed by atoms with Crippen molar-refractivity contribution in [3.8, 4) is 0 Å². The summed E-state index contributed by atoms with van der Waals surface area (Å²) in [7, 11) is 0. The second-order valence-electron chi connectivity index (χ2n) is 3.59. The van der Waals surface area contributed by atoms with Crippen LogP contribution < -0.4 is 5.32 Å². The van der Waals surface area contributed by atoms with Gasteiger partial charge in [0.25, 0.3) is 11.7 Å². The molecule has 0 aliphatic heterocycles. The molecular formula is C11H8FN3O4. The van der Waals surface area contributed by atoms with E-state index in [9.17, 15) is 14.0 Å². The van der Waals surface area contributed by atoms with E-state index in [1.807, 2.05) is 0 Å². The zero-order chi connectivity index (χ0) is 14.0. The van der Waals surface area contributed by atoms with Crippen molar-refractivity contribution in [3.63, 3.8) is 0 Å². The molecule has 0 aliphatic rings. The van der Waals surface area contributed by atoms with Gasteiger partial charge in [-0.15, -0.1) is 0 Å². The van der Waals surface area contributed by atoms with E-state index in [1.54, 1.807) is 0 Å². The summed E-state index contributed by atoms with van der Waals surface area (Å²) in [5, 5.41) is 14.5. The van der Waals surface area contributed by atoms with Crippen LogP contribution in [0.5, 0.6) is 0 Å². The SMILES string of the molecule is Cc1nc(C(=O)Nc2ccc(F)c(C(=O)O)c2)no1. The third kappa shape index (κ3) is 2.73. The molecule has 98 valence electrons. The molecule has 2 N–H and O–H groups in total. The van der Waals surface area contributed by atoms with Crippen molar-refractivity contribution >= 4 is 17.6 Å². The van der Waals surface area contributed by atoms with Gasteiger partial charge in [-0.25, -0.2) is 9.18 Å². The highest BCUT2D eigenvalue weighted by molar-refractivity contribution is 6.02. The number of amides is 1. The first-order chi connectivity index (χ1) is 8.97. The molecule has 0 fully saturated rings. The first-order valence-corrected chi connectivity index (χ1v) is 5.12. The van der Waals surface area contributed by atoms with Crippen molar-refractivity contribution in [2.24, 2.45) is 0 Å². The number of aromatic nitrogens is 2. The van der Waals surface area contributed by atoms with Gasteiger partial charge in [0.2, 0.25) is 5.89 Å². The number of carbonyl (C=O) groups excluding carboxylic acids is 1. The summed E-state index contributed by atoms with van der Waals surface area (Å²) >= 11 is 0. The minimum absolute atomic E-state index is 0.117. The van der Waals surface area contributed by atoms with E-state index < -0.39 is 23.3 Å². The van der Waals surface area contributed by atoms with Crippen LogP contribution in [0.15, 0.2) is 22.7 Å². The number of aryl methyl sites for hydroxylation is 1. The van der Waals surface area contributed by atoms with Gasteiger partial charge in [-0.05, 0) is 18.2 Å². The van der Waals surface area contributed by atoms with Crippen molar-refractivity contribution < 1.29 is 23.6 Å². The number of nitrogens with one attached hydrogen (secondary N) is 1. The van der Waals surface area contributed by atoms with Gasteiger partial charge in [-0.3, -0.25) is 4.79 Å². The number of rotatable bonds is 3. The van der Waals surface area contributed by atoms with Crippen LogP contribution in [0.2, 0.25) is 0 Å². The van der Waals surface area contributed by atoms with Gasteiger partial charge in [0.05, 0.1) is 5.56 Å². The number of halogens is 1. The van der Waals surface area contributed by atoms with E-state index >= 15 is 0 Å². The molecule has 1 aromatic carbocycles. The Balaban J connectivity index is 2.22. The molecule has 19 heavy (non-hydrogen) atoms. The average Bonchev–Trinajstić information content (AvgIpc) is 2.78. The predicted molar refractivity (Wildman–Crippen MR) is 60.3 cm³/mol. The Hall–Kier alpha value is -2.77. The lowest BCUT2D eigenvalue weighted by molar-refractivity contribution is 0.0691. The van der Waals surface area contributed by atoms with Crippen LogP contribution in [-0.2, 0) is 0 Å². The normalized spacial score (nSPS) is 10.2. The van der Waals surface area contributed by atoms with E-state index in [0.717, 1.165) is 12.1 Å². The highest BCUT2D eigenvalue weighted by atomic mass is 19.1. The lowest BCUT2D eigenvalue weighted by Crippen LogP contribution is -2.14. The van der Waals surface area contributed by atoms with Gasteiger partial charge in [-0.2, -0.15) is 4.98 Å². The molecule has 2 rings (SSSR count). The van der Waals surface area contributed by atoms with Crippen LogP contribution in [0.1, 0.15) is 26.9 Å². The number of anilines is 1. The maximum atomic E-state index is 13.2. The Morgan fingerprint density at radius 1 is 1.42 bits per heavy atom. The smallest absolute Gasteiger partial charge is 0.338 e. The quantitative estimate of drug-likeness (QED) is 0.870. The Labute approximate surface area is 106 Å². The average molecular weight is 265 g/mol. The van der Waals surface area contributed by atoms with E-state index in [4.69, 9.17) is 5.11 Å². The van der Waals surface area contributed by atoms with Crippen molar-refractivity contribution in [1.82, 2.24) is 10.1 Å². The second kappa shape index (κ2) is 4.84. The van der Waals surface area contributed by atoms with Gasteiger partial charge in [0.15, 0.2) is 0 Å². The fraction of sp³-hybridized carbons (Fsp3) is 0.0909. The molecule has 0 spiro atoms. The third-order valence-corrected chi connectivity index (χ3v) is 2.19. The number of hydrogen-bond donors (Lipinski definition) is 2. The second-order valence-corrected chi connectivity index (χ2v) is 3.59. The molecule has 0 atom stereocenters. The molecule has 0 unspecified atom stereocenters. The van der Waals surface area contributed by atoms with Crippen molar-refractivity contribution in [3.05, 3.63) is 41.3 Å². The monoisotopic (exact) mass is 265 g/mol. The van der Waals surface area contributed by atoms with Crippen LogP contribution in [0, 0.1) is 12.7 Å². The molecule has 8 heteroatoms. The summed E-state index contributed by atoms with van der Waals surface area (Å²) in [6.45, 7) is 1.52. The van der Waals surface area contributed by atoms with Gasteiger partial charge in [0, 0.05) is 12.6 Å². The van der Waals surface area contributed by atoms with Crippen molar-refractivity contribution in [2.75, 3.05) is 5.32 Å². The maximum Gasteiger partial charge on any atom is 0.338 e. The fourth-order valence-electron chi connectivity index (χ4n) is 1.35. The predicted octanol–water partition coefficient (Wildman–Crippen LogP) is 1.47. The molecule has 2 aromatic rings. The zero-order valence-corrected chi connectivity index (χ0v) is 9.68. The molecular weight excluding hydrogens is 257 g/mol. The summed E-state index contributed by atoms with van der Waals surface area (Å²) in [6, 6.07) is 3.18. The first-order valence-electron chi connectivity index (χ1n) is 5.12. The molecule has 7 nitrogen and oxygen atoms in total. The fourth-order valence-corrected chi connectivity index (χ4v) is 1.35. The summed E-state index contributed by atoms with van der Waals surface area (Å²) in [5.41, 5.74) is -0.423. The van der Waals surface area contributed by atoms with Crippen LogP contribution >= 0.6 is 0 Å². The lowest BCUT2D eigenvalue weighted by atomic mass is 10.2. The molecule has 1 aromatic heterocycles. The standard InChI is InChI=1S/C11H8FN3O4/c1-5-13-9(15-19-5)10(16)14-6-2-3-8(12)7(4-6)11(17)18/h2-4H,1H3,(H,14,16)(H,17,18). The number of carboxylic acids is 1. The van der Waals surface area contributed by atoms with Crippen molar-refractivity contribution in [2.45, 2.75) is 6.92 Å². The van der Waals surface area contributed by atoms with E-state index in [0.29, 0.717) is 0 Å². The lowest BCUT2D eigenvalue weighted by Gasteiger charge is -2.04. The summed E-state index contributed by atoms with van der Waals surface area (Å²) in [6.07, 6.45) is 0. The highest BCUT2D eigenvalue weighted by Crippen LogP contribution is 2.15. The van der Waals surface area contributed by atoms with Crippen LogP contribution in [0.4, 0.5) is 10.1 Å². The summed E-state index contributed by atoms with van der Waals surface area (Å²) in [5.74, 6) is -2.97. The number of hydrogen-bond acceptors (Lipinski definition) is 5. The molecule has 1 heterocycles. The molecule has 0 saturated heterocycles. The Morgan fingerprint density at radius 2 is 2.16 bits per heavy atom. The van der Waals surface area contributed by atoms with Gasteiger partial charge >= 0.3 is 5.97 Å². The largest absolute Gasteiger partial charge is 0.478 e.